The maximum absolute atomic E-state index is 14.3. The molecule has 1 saturated heterocycles. The molecular weight excluding hydrogens is 633 g/mol. The van der Waals surface area contributed by atoms with Crippen LogP contribution >= 0.6 is 0 Å². The molecule has 4 aromatic rings. The van der Waals surface area contributed by atoms with Gasteiger partial charge in [-0.3, -0.25) is 14.3 Å². The van der Waals surface area contributed by atoms with Gasteiger partial charge in [-0.1, -0.05) is 36.4 Å². The van der Waals surface area contributed by atoms with Gasteiger partial charge in [0.05, 0.1) is 6.20 Å². The molecular formula is C39H48FN7O3. The van der Waals surface area contributed by atoms with Crippen molar-refractivity contribution >= 4 is 11.8 Å². The van der Waals surface area contributed by atoms with Crippen LogP contribution in [0.25, 0.3) is 11.1 Å². The van der Waals surface area contributed by atoms with E-state index in [2.05, 4.69) is 69.0 Å². The Morgan fingerprint density at radius 2 is 1.60 bits per heavy atom. The molecule has 11 heteroatoms. The van der Waals surface area contributed by atoms with Crippen molar-refractivity contribution in [3.63, 3.8) is 0 Å². The zero-order valence-electron chi connectivity index (χ0n) is 29.4. The number of hydrogen-bond donors (Lipinski definition) is 3. The minimum atomic E-state index is -0.621. The van der Waals surface area contributed by atoms with Crippen molar-refractivity contribution in [3.05, 3.63) is 95.2 Å². The molecule has 1 aliphatic carbocycles. The van der Waals surface area contributed by atoms with E-state index in [1.165, 1.54) is 5.56 Å². The van der Waals surface area contributed by atoms with Crippen LogP contribution in [0.1, 0.15) is 78.1 Å². The second-order valence-corrected chi connectivity index (χ2v) is 14.0. The van der Waals surface area contributed by atoms with Crippen molar-refractivity contribution in [2.24, 2.45) is 7.05 Å². The lowest BCUT2D eigenvalue weighted by atomic mass is 9.91. The summed E-state index contributed by atoms with van der Waals surface area (Å²) >= 11 is 0. The maximum Gasteiger partial charge on any atom is 0.272 e. The number of hydrogen-bond acceptors (Lipinski definition) is 7. The zero-order valence-corrected chi connectivity index (χ0v) is 29.4. The van der Waals surface area contributed by atoms with E-state index in [1.807, 2.05) is 25.1 Å². The van der Waals surface area contributed by atoms with E-state index >= 15 is 0 Å². The first-order valence-electron chi connectivity index (χ1n) is 17.7. The molecule has 3 N–H and O–H groups in total. The summed E-state index contributed by atoms with van der Waals surface area (Å²) in [6.07, 6.45) is 5.95. The van der Waals surface area contributed by atoms with Crippen LogP contribution in [0.4, 0.5) is 4.39 Å². The predicted octanol–water partition coefficient (Wildman–Crippen LogP) is 5.81. The SMILES string of the molecule is Cc1cc(C(=O)NC2CCC(NC(=O)c3cc(F)cnc3Oc3cccc(-c4ccc(CCCN5CC(C)NC(C)C5)cc4)c3)CC2)nn1C. The van der Waals surface area contributed by atoms with Crippen molar-refractivity contribution < 1.29 is 18.7 Å². The van der Waals surface area contributed by atoms with E-state index < -0.39 is 11.7 Å². The lowest BCUT2D eigenvalue weighted by Gasteiger charge is -2.36. The van der Waals surface area contributed by atoms with Crippen molar-refractivity contribution in [1.29, 1.82) is 0 Å². The van der Waals surface area contributed by atoms with Gasteiger partial charge in [-0.05, 0) is 107 Å². The molecule has 2 aliphatic rings. The van der Waals surface area contributed by atoms with Crippen LogP contribution in [-0.2, 0) is 13.5 Å². The lowest BCUT2D eigenvalue weighted by molar-refractivity contribution is 0.0887. The molecule has 2 fully saturated rings. The quantitative estimate of drug-likeness (QED) is 0.183. The Morgan fingerprint density at radius 1 is 0.920 bits per heavy atom. The first-order chi connectivity index (χ1) is 24.1. The van der Waals surface area contributed by atoms with Crippen molar-refractivity contribution in [3.8, 4) is 22.8 Å². The van der Waals surface area contributed by atoms with Crippen LogP contribution in [0.5, 0.6) is 11.6 Å². The summed E-state index contributed by atoms with van der Waals surface area (Å²) < 4.78 is 22.1. The van der Waals surface area contributed by atoms with Crippen LogP contribution in [0.3, 0.4) is 0 Å². The normalized spacial score (nSPS) is 21.1. The summed E-state index contributed by atoms with van der Waals surface area (Å²) in [7, 11) is 1.80. The highest BCUT2D eigenvalue weighted by Gasteiger charge is 2.27. The van der Waals surface area contributed by atoms with Gasteiger partial charge in [-0.25, -0.2) is 9.37 Å². The summed E-state index contributed by atoms with van der Waals surface area (Å²) in [6.45, 7) is 9.68. The van der Waals surface area contributed by atoms with Crippen LogP contribution in [-0.4, -0.2) is 75.3 Å². The molecule has 0 bridgehead atoms. The van der Waals surface area contributed by atoms with Crippen LogP contribution in [0.2, 0.25) is 0 Å². The number of aromatic nitrogens is 3. The molecule has 2 amide bonds. The van der Waals surface area contributed by atoms with Gasteiger partial charge in [-0.15, -0.1) is 0 Å². The van der Waals surface area contributed by atoms with Crippen LogP contribution in [0, 0.1) is 12.7 Å². The Balaban J connectivity index is 1.02. The van der Waals surface area contributed by atoms with E-state index in [0.717, 1.165) is 61.6 Å². The van der Waals surface area contributed by atoms with Gasteiger partial charge < -0.3 is 25.6 Å². The number of halogens is 1. The number of nitrogens with zero attached hydrogens (tertiary/aromatic N) is 4. The molecule has 1 aliphatic heterocycles. The average Bonchev–Trinajstić information content (AvgIpc) is 3.44. The molecule has 3 heterocycles. The Hall–Kier alpha value is -4.61. The minimum Gasteiger partial charge on any atom is -0.438 e. The zero-order chi connectivity index (χ0) is 35.2. The van der Waals surface area contributed by atoms with Crippen LogP contribution in [0.15, 0.2) is 66.9 Å². The molecule has 264 valence electrons. The van der Waals surface area contributed by atoms with Gasteiger partial charge >= 0.3 is 0 Å². The third-order valence-corrected chi connectivity index (χ3v) is 9.72. The third-order valence-electron chi connectivity index (χ3n) is 9.72. The van der Waals surface area contributed by atoms with Crippen molar-refractivity contribution in [2.45, 2.75) is 83.5 Å². The molecule has 0 spiro atoms. The Kier molecular flexibility index (Phi) is 11.2. The topological polar surface area (TPSA) is 113 Å². The second kappa shape index (κ2) is 15.9. The molecule has 50 heavy (non-hydrogen) atoms. The highest BCUT2D eigenvalue weighted by molar-refractivity contribution is 5.96. The smallest absolute Gasteiger partial charge is 0.272 e. The summed E-state index contributed by atoms with van der Waals surface area (Å²) in [5, 5.41) is 13.9. The number of piperazine rings is 1. The first-order valence-corrected chi connectivity index (χ1v) is 17.7. The first kappa shape index (κ1) is 35.2. The van der Waals surface area contributed by atoms with Gasteiger partial charge in [-0.2, -0.15) is 5.10 Å². The number of ether oxygens (including phenoxy) is 1. The van der Waals surface area contributed by atoms with Gasteiger partial charge in [0.2, 0.25) is 5.88 Å². The van der Waals surface area contributed by atoms with E-state index in [4.69, 9.17) is 4.74 Å². The number of benzene rings is 2. The second-order valence-electron chi connectivity index (χ2n) is 14.0. The Labute approximate surface area is 293 Å². The molecule has 2 aromatic heterocycles. The van der Waals surface area contributed by atoms with E-state index in [1.54, 1.807) is 23.9 Å². The number of pyridine rings is 1. The molecule has 2 unspecified atom stereocenters. The summed E-state index contributed by atoms with van der Waals surface area (Å²) in [4.78, 5) is 32.7. The number of carbonyl (C=O) groups is 2. The van der Waals surface area contributed by atoms with Gasteiger partial charge in [0.1, 0.15) is 22.8 Å². The predicted molar refractivity (Wildman–Crippen MR) is 192 cm³/mol. The molecule has 2 atom stereocenters. The summed E-state index contributed by atoms with van der Waals surface area (Å²) in [6, 6.07) is 20.1. The van der Waals surface area contributed by atoms with E-state index in [-0.39, 0.29) is 29.4 Å². The maximum atomic E-state index is 14.3. The number of nitrogens with one attached hydrogen (secondary N) is 3. The Morgan fingerprint density at radius 3 is 2.26 bits per heavy atom. The minimum absolute atomic E-state index is 0.00778. The van der Waals surface area contributed by atoms with Gasteiger partial charge in [0, 0.05) is 50.0 Å². The fourth-order valence-electron chi connectivity index (χ4n) is 7.09. The fourth-order valence-corrected chi connectivity index (χ4v) is 7.09. The molecule has 0 radical (unpaired) electrons. The number of aryl methyl sites for hydroxylation is 3. The Bertz CT molecular complexity index is 1760. The van der Waals surface area contributed by atoms with Gasteiger partial charge in [0.15, 0.2) is 0 Å². The van der Waals surface area contributed by atoms with Crippen molar-refractivity contribution in [1.82, 2.24) is 35.6 Å². The fraction of sp³-hybridized carbons (Fsp3) is 0.436. The highest BCUT2D eigenvalue weighted by Crippen LogP contribution is 2.29. The number of carbonyl (C=O) groups excluding carboxylic acids is 2. The molecule has 2 aromatic carbocycles. The lowest BCUT2D eigenvalue weighted by Crippen LogP contribution is -2.54. The monoisotopic (exact) mass is 681 g/mol. The molecule has 1 saturated carbocycles. The largest absolute Gasteiger partial charge is 0.438 e. The average molecular weight is 682 g/mol. The number of amides is 2. The summed E-state index contributed by atoms with van der Waals surface area (Å²) in [5.74, 6) is -0.730. The van der Waals surface area contributed by atoms with E-state index in [0.29, 0.717) is 49.2 Å². The molecule has 6 rings (SSSR count). The highest BCUT2D eigenvalue weighted by atomic mass is 19.1. The molecule has 10 nitrogen and oxygen atoms in total. The van der Waals surface area contributed by atoms with Crippen molar-refractivity contribution in [2.75, 3.05) is 19.6 Å². The van der Waals surface area contributed by atoms with Gasteiger partial charge in [0.25, 0.3) is 11.8 Å². The third kappa shape index (κ3) is 9.13. The standard InChI is InChI=1S/C39H48FN7O3/c1-25-23-47(24-26(2)42-25)18-6-7-28-10-12-29(13-11-28)30-8-5-9-34(20-30)50-39-35(21-31(40)22-41-39)37(48)43-32-14-16-33(17-15-32)44-38(49)36-19-27(3)46(4)45-36/h5,8-13,19-22,25-26,32-33,42H,6-7,14-18,23-24H2,1-4H3,(H,43,48)(H,44,49). The number of rotatable bonds is 11. The van der Waals surface area contributed by atoms with Crippen LogP contribution < -0.4 is 20.7 Å². The summed E-state index contributed by atoms with van der Waals surface area (Å²) in [5.41, 5.74) is 4.66. The van der Waals surface area contributed by atoms with E-state index in [9.17, 15) is 14.0 Å².